The minimum atomic E-state index is -0.184. The quantitative estimate of drug-likeness (QED) is 0.464. The van der Waals surface area contributed by atoms with Gasteiger partial charge in [-0.05, 0) is 22.9 Å². The molecule has 1 aromatic heterocycles. The molecule has 0 radical (unpaired) electrons. The third kappa shape index (κ3) is 3.62. The predicted octanol–water partition coefficient (Wildman–Crippen LogP) is 5.42. The van der Waals surface area contributed by atoms with Gasteiger partial charge in [0.15, 0.2) is 5.13 Å². The Morgan fingerprint density at radius 2 is 1.74 bits per heavy atom. The first kappa shape index (κ1) is 19.2. The molecular formula is C25H19N3O2S. The molecule has 1 aliphatic heterocycles. The number of nitrogens with zero attached hydrogens (tertiary/aromatic N) is 2. The molecule has 0 unspecified atom stereocenters. The number of aromatic nitrogens is 1. The van der Waals surface area contributed by atoms with Gasteiger partial charge in [-0.25, -0.2) is 4.98 Å². The fourth-order valence-electron chi connectivity index (χ4n) is 3.78. The summed E-state index contributed by atoms with van der Waals surface area (Å²) < 4.78 is 0. The van der Waals surface area contributed by atoms with Crippen LogP contribution in [0, 0.1) is 0 Å². The summed E-state index contributed by atoms with van der Waals surface area (Å²) in [6, 6.07) is 21.7. The molecule has 0 aliphatic carbocycles. The van der Waals surface area contributed by atoms with Gasteiger partial charge in [0.25, 0.3) is 5.91 Å². The third-order valence-electron chi connectivity index (χ3n) is 5.40. The molecule has 3 aromatic carbocycles. The summed E-state index contributed by atoms with van der Waals surface area (Å²) in [4.78, 5) is 31.1. The first-order chi connectivity index (χ1) is 15.1. The number of benzene rings is 3. The molecule has 0 atom stereocenters. The van der Waals surface area contributed by atoms with E-state index in [0.717, 1.165) is 22.2 Å². The zero-order chi connectivity index (χ0) is 21.4. The number of thiazole rings is 1. The van der Waals surface area contributed by atoms with Gasteiger partial charge in [0, 0.05) is 40.7 Å². The Kier molecular flexibility index (Phi) is 4.84. The second-order valence-corrected chi connectivity index (χ2v) is 8.21. The number of amides is 2. The molecule has 2 amide bonds. The summed E-state index contributed by atoms with van der Waals surface area (Å²) >= 11 is 1.39. The Labute approximate surface area is 183 Å². The van der Waals surface area contributed by atoms with Crippen molar-refractivity contribution in [1.29, 1.82) is 0 Å². The molecule has 2 heterocycles. The van der Waals surface area contributed by atoms with Crippen molar-refractivity contribution in [3.8, 4) is 11.3 Å². The van der Waals surface area contributed by atoms with Crippen LogP contribution >= 0.6 is 11.3 Å². The summed E-state index contributed by atoms with van der Waals surface area (Å²) in [7, 11) is 0. The van der Waals surface area contributed by atoms with Crippen molar-refractivity contribution in [2.45, 2.75) is 6.42 Å². The number of nitrogens with one attached hydrogen (secondary N) is 1. The van der Waals surface area contributed by atoms with Crippen LogP contribution in [-0.4, -0.2) is 28.2 Å². The van der Waals surface area contributed by atoms with E-state index in [1.807, 2.05) is 41.8 Å². The number of hydrogen-bond acceptors (Lipinski definition) is 4. The van der Waals surface area contributed by atoms with Gasteiger partial charge in [-0.15, -0.1) is 11.3 Å². The molecule has 4 aromatic rings. The monoisotopic (exact) mass is 425 g/mol. The fourth-order valence-corrected chi connectivity index (χ4v) is 4.51. The Morgan fingerprint density at radius 1 is 1.00 bits per heavy atom. The van der Waals surface area contributed by atoms with Crippen molar-refractivity contribution < 1.29 is 9.59 Å². The maximum absolute atomic E-state index is 12.6. The molecule has 1 aliphatic rings. The van der Waals surface area contributed by atoms with Crippen LogP contribution in [0.5, 0.6) is 0 Å². The van der Waals surface area contributed by atoms with E-state index in [2.05, 4.69) is 41.1 Å². The molecule has 5 nitrogen and oxygen atoms in total. The first-order valence-corrected chi connectivity index (χ1v) is 10.8. The second kappa shape index (κ2) is 7.81. The summed E-state index contributed by atoms with van der Waals surface area (Å²) in [6.45, 7) is 4.29. The molecule has 152 valence electrons. The van der Waals surface area contributed by atoms with Crippen molar-refractivity contribution in [3.63, 3.8) is 0 Å². The van der Waals surface area contributed by atoms with Crippen LogP contribution in [0.4, 0.5) is 5.13 Å². The lowest BCUT2D eigenvalue weighted by molar-refractivity contribution is -0.116. The lowest BCUT2D eigenvalue weighted by atomic mass is 10.1. The number of carbonyl (C=O) groups excluding carboxylic acids is 2. The minimum Gasteiger partial charge on any atom is -0.308 e. The average molecular weight is 426 g/mol. The Morgan fingerprint density at radius 3 is 2.55 bits per heavy atom. The van der Waals surface area contributed by atoms with E-state index < -0.39 is 0 Å². The Balaban J connectivity index is 1.23. The van der Waals surface area contributed by atoms with Crippen LogP contribution in [0.3, 0.4) is 0 Å². The van der Waals surface area contributed by atoms with E-state index in [4.69, 9.17) is 0 Å². The highest BCUT2D eigenvalue weighted by Gasteiger charge is 2.30. The van der Waals surface area contributed by atoms with Crippen LogP contribution in [0.25, 0.3) is 27.7 Å². The minimum absolute atomic E-state index is 0.110. The Bertz CT molecular complexity index is 1310. The normalized spacial score (nSPS) is 13.0. The molecular weight excluding hydrogens is 406 g/mol. The van der Waals surface area contributed by atoms with Gasteiger partial charge in [-0.1, -0.05) is 61.2 Å². The van der Waals surface area contributed by atoms with Gasteiger partial charge < -0.3 is 10.2 Å². The first-order valence-electron chi connectivity index (χ1n) is 9.95. The highest BCUT2D eigenvalue weighted by Crippen LogP contribution is 2.31. The number of hydrogen-bond donors (Lipinski definition) is 1. The van der Waals surface area contributed by atoms with E-state index in [9.17, 15) is 9.59 Å². The number of carbonyl (C=O) groups is 2. The van der Waals surface area contributed by atoms with Crippen molar-refractivity contribution in [2.75, 3.05) is 11.9 Å². The molecule has 0 fully saturated rings. The SMILES string of the molecule is C=C1c2ccccc2C(=O)N1CCC(=O)Nc1nc(-c2ccc3ccccc3c2)cs1. The fraction of sp³-hybridized carbons (Fsp3) is 0.0800. The molecule has 6 heteroatoms. The third-order valence-corrected chi connectivity index (χ3v) is 6.16. The smallest absolute Gasteiger partial charge is 0.258 e. The molecule has 0 spiro atoms. The second-order valence-electron chi connectivity index (χ2n) is 7.35. The van der Waals surface area contributed by atoms with Crippen molar-refractivity contribution >= 4 is 44.8 Å². The van der Waals surface area contributed by atoms with E-state index in [-0.39, 0.29) is 24.8 Å². The summed E-state index contributed by atoms with van der Waals surface area (Å²) in [5.41, 5.74) is 3.93. The van der Waals surface area contributed by atoms with Crippen LogP contribution in [0.15, 0.2) is 78.7 Å². The van der Waals surface area contributed by atoms with Crippen LogP contribution in [0.1, 0.15) is 22.3 Å². The van der Waals surface area contributed by atoms with Crippen molar-refractivity contribution in [3.05, 3.63) is 89.8 Å². The summed E-state index contributed by atoms with van der Waals surface area (Å²) in [5, 5.41) is 7.65. The van der Waals surface area contributed by atoms with Crippen LogP contribution < -0.4 is 5.32 Å². The van der Waals surface area contributed by atoms with Crippen LogP contribution in [-0.2, 0) is 4.79 Å². The van der Waals surface area contributed by atoms with Gasteiger partial charge in [-0.3, -0.25) is 9.59 Å². The maximum atomic E-state index is 12.6. The Hall–Kier alpha value is -3.77. The lowest BCUT2D eigenvalue weighted by Crippen LogP contribution is -2.27. The molecule has 0 saturated heterocycles. The zero-order valence-corrected chi connectivity index (χ0v) is 17.5. The van der Waals surface area contributed by atoms with E-state index in [0.29, 0.717) is 16.4 Å². The maximum Gasteiger partial charge on any atom is 0.258 e. The van der Waals surface area contributed by atoms with Gasteiger partial charge >= 0.3 is 0 Å². The average Bonchev–Trinajstić information content (AvgIpc) is 3.35. The van der Waals surface area contributed by atoms with Crippen molar-refractivity contribution in [1.82, 2.24) is 9.88 Å². The van der Waals surface area contributed by atoms with Crippen molar-refractivity contribution in [2.24, 2.45) is 0 Å². The van der Waals surface area contributed by atoms with E-state index in [1.54, 1.807) is 11.0 Å². The largest absolute Gasteiger partial charge is 0.308 e. The number of fused-ring (bicyclic) bond motifs is 2. The highest BCUT2D eigenvalue weighted by molar-refractivity contribution is 7.14. The summed E-state index contributed by atoms with van der Waals surface area (Å²) in [5.74, 6) is -0.294. The molecule has 0 bridgehead atoms. The highest BCUT2D eigenvalue weighted by atomic mass is 32.1. The van der Waals surface area contributed by atoms with Gasteiger partial charge in [0.1, 0.15) is 0 Å². The molecule has 0 saturated carbocycles. The number of rotatable bonds is 5. The molecule has 31 heavy (non-hydrogen) atoms. The molecule has 1 N–H and O–H groups in total. The zero-order valence-electron chi connectivity index (χ0n) is 16.7. The van der Waals surface area contributed by atoms with E-state index >= 15 is 0 Å². The van der Waals surface area contributed by atoms with E-state index in [1.165, 1.54) is 16.7 Å². The lowest BCUT2D eigenvalue weighted by Gasteiger charge is -2.16. The molecule has 5 rings (SSSR count). The van der Waals surface area contributed by atoms with Gasteiger partial charge in [-0.2, -0.15) is 0 Å². The summed E-state index contributed by atoms with van der Waals surface area (Å²) in [6.07, 6.45) is 0.170. The number of anilines is 1. The standard InChI is InChI=1S/C25H19N3O2S/c1-16-20-8-4-5-9-21(20)24(30)28(16)13-12-23(29)27-25-26-22(15-31-25)19-11-10-17-6-2-3-7-18(17)14-19/h2-11,14-15H,1,12-13H2,(H,26,27,29). The van der Waals surface area contributed by atoms with Crippen LogP contribution in [0.2, 0.25) is 0 Å². The van der Waals surface area contributed by atoms with Gasteiger partial charge in [0.2, 0.25) is 5.91 Å². The predicted molar refractivity (Wildman–Crippen MR) is 125 cm³/mol. The topological polar surface area (TPSA) is 62.3 Å². The van der Waals surface area contributed by atoms with Gasteiger partial charge in [0.05, 0.1) is 5.69 Å².